The van der Waals surface area contributed by atoms with Gasteiger partial charge in [-0.2, -0.15) is 11.8 Å². The molecular formula is C36H54N10O6S. The van der Waals surface area contributed by atoms with Gasteiger partial charge in [0.15, 0.2) is 17.3 Å². The number of carbonyl (C=O) groups excluding carboxylic acids is 4. The van der Waals surface area contributed by atoms with Crippen molar-refractivity contribution in [2.75, 3.05) is 24.6 Å². The summed E-state index contributed by atoms with van der Waals surface area (Å²) in [5.74, 6) is 0.772. The zero-order valence-electron chi connectivity index (χ0n) is 30.7. The van der Waals surface area contributed by atoms with Crippen molar-refractivity contribution in [3.05, 3.63) is 12.7 Å². The number of carbonyl (C=O) groups is 4. The first-order chi connectivity index (χ1) is 25.6. The Bertz CT molecular complexity index is 1670. The van der Waals surface area contributed by atoms with E-state index in [1.165, 1.54) is 6.33 Å². The Hall–Kier alpha value is -3.70. The summed E-state index contributed by atoms with van der Waals surface area (Å²) in [6, 6.07) is 0.240. The van der Waals surface area contributed by atoms with Crippen molar-refractivity contribution in [1.82, 2.24) is 46.1 Å². The van der Waals surface area contributed by atoms with Crippen LogP contribution < -0.4 is 32.3 Å². The lowest BCUT2D eigenvalue weighted by Crippen LogP contribution is -2.40. The molecule has 7 rings (SSSR count). The molecule has 3 saturated heterocycles. The third-order valence-electron chi connectivity index (χ3n) is 11.4. The van der Waals surface area contributed by atoms with Gasteiger partial charge in [0, 0.05) is 49.3 Å². The first-order valence-corrected chi connectivity index (χ1v) is 20.4. The van der Waals surface area contributed by atoms with Crippen molar-refractivity contribution in [3.8, 4) is 0 Å². The fraction of sp³-hybridized carbons (Fsp3) is 0.750. The minimum atomic E-state index is -0.774. The van der Waals surface area contributed by atoms with Gasteiger partial charge in [-0.25, -0.2) is 19.7 Å². The summed E-state index contributed by atoms with van der Waals surface area (Å²) in [5.41, 5.74) is 6.67. The lowest BCUT2D eigenvalue weighted by atomic mass is 10.0. The smallest absolute Gasteiger partial charge is 0.315 e. The van der Waals surface area contributed by atoms with Gasteiger partial charge in [-0.15, -0.1) is 0 Å². The molecule has 0 radical (unpaired) electrons. The van der Waals surface area contributed by atoms with Gasteiger partial charge in [0.05, 0.1) is 30.5 Å². The number of nitrogen functional groups attached to an aromatic ring is 1. The number of nitrogens with one attached hydrogen (secondary N) is 5. The van der Waals surface area contributed by atoms with Crippen LogP contribution in [0.4, 0.5) is 10.6 Å². The zero-order chi connectivity index (χ0) is 37.2. The summed E-state index contributed by atoms with van der Waals surface area (Å²) in [5, 5.41) is 15.6. The van der Waals surface area contributed by atoms with E-state index in [-0.39, 0.29) is 59.9 Å². The average molecular weight is 755 g/mol. The maximum absolute atomic E-state index is 12.9. The highest BCUT2D eigenvalue weighted by Crippen LogP contribution is 2.68. The van der Waals surface area contributed by atoms with Crippen LogP contribution in [0.3, 0.4) is 0 Å². The van der Waals surface area contributed by atoms with E-state index in [9.17, 15) is 19.2 Å². The number of hydrogen-bond donors (Lipinski definition) is 6. The van der Waals surface area contributed by atoms with Crippen molar-refractivity contribution >= 4 is 52.5 Å². The summed E-state index contributed by atoms with van der Waals surface area (Å²) < 4.78 is 14.9. The Morgan fingerprint density at radius 2 is 1.64 bits per heavy atom. The lowest BCUT2D eigenvalue weighted by molar-refractivity contribution is -0.158. The molecule has 2 aromatic heterocycles. The summed E-state index contributed by atoms with van der Waals surface area (Å²) >= 11 is 1.90. The van der Waals surface area contributed by atoms with Crippen LogP contribution in [0, 0.1) is 5.92 Å². The van der Waals surface area contributed by atoms with Crippen molar-refractivity contribution < 1.29 is 28.7 Å². The molecule has 1 spiro atoms. The summed E-state index contributed by atoms with van der Waals surface area (Å²) in [6.07, 6.45) is 12.9. The largest absolute Gasteiger partial charge is 0.382 e. The average Bonchev–Trinajstić information content (AvgIpc) is 3.72. The van der Waals surface area contributed by atoms with Crippen LogP contribution in [-0.2, 0) is 23.9 Å². The number of nitrogens with zero attached hydrogens (tertiary/aromatic N) is 4. The number of fused-ring (bicyclic) bond motifs is 2. The third-order valence-corrected chi connectivity index (χ3v) is 12.9. The Kier molecular flexibility index (Phi) is 11.3. The molecule has 0 aromatic carbocycles. The molecule has 7 N–H and O–H groups in total. The minimum absolute atomic E-state index is 0.00641. The Labute approximate surface area is 314 Å². The second kappa shape index (κ2) is 16.0. The predicted octanol–water partition coefficient (Wildman–Crippen LogP) is 2.44. The van der Waals surface area contributed by atoms with Crippen LogP contribution in [-0.4, -0.2) is 103 Å². The Balaban J connectivity index is 0.699. The fourth-order valence-corrected chi connectivity index (χ4v) is 10.4. The van der Waals surface area contributed by atoms with E-state index >= 15 is 0 Å². The van der Waals surface area contributed by atoms with Crippen LogP contribution in [0.1, 0.15) is 103 Å². The summed E-state index contributed by atoms with van der Waals surface area (Å²) in [6.45, 7) is 5.04. The maximum atomic E-state index is 12.9. The number of unbranched alkanes of at least 4 members (excludes halogenated alkanes) is 5. The lowest BCUT2D eigenvalue weighted by Gasteiger charge is -2.25. The fourth-order valence-electron chi connectivity index (χ4n) is 8.88. The molecule has 8 atom stereocenters. The van der Waals surface area contributed by atoms with Gasteiger partial charge in [0.25, 0.3) is 0 Å². The molecule has 5 aliphatic rings. The van der Waals surface area contributed by atoms with Crippen molar-refractivity contribution in [2.24, 2.45) is 5.92 Å². The van der Waals surface area contributed by atoms with Crippen LogP contribution >= 0.6 is 11.8 Å². The van der Waals surface area contributed by atoms with Crippen molar-refractivity contribution in [2.45, 2.75) is 144 Å². The Morgan fingerprint density at radius 1 is 0.943 bits per heavy atom. The monoisotopic (exact) mass is 754 g/mol. The number of aromatic nitrogens is 4. The second-order valence-electron chi connectivity index (χ2n) is 15.6. The van der Waals surface area contributed by atoms with E-state index in [1.54, 1.807) is 6.33 Å². The van der Waals surface area contributed by atoms with E-state index in [1.807, 2.05) is 30.2 Å². The minimum Gasteiger partial charge on any atom is -0.382 e. The molecule has 17 heteroatoms. The van der Waals surface area contributed by atoms with E-state index in [0.29, 0.717) is 54.6 Å². The normalized spacial score (nSPS) is 30.3. The molecule has 2 aromatic rings. The quantitative estimate of drug-likeness (QED) is 0.0905. The predicted molar refractivity (Wildman–Crippen MR) is 198 cm³/mol. The van der Waals surface area contributed by atoms with Crippen LogP contribution in [0.2, 0.25) is 0 Å². The number of thioether (sulfide) groups is 1. The first-order valence-electron chi connectivity index (χ1n) is 19.4. The van der Waals surface area contributed by atoms with Crippen molar-refractivity contribution in [3.63, 3.8) is 0 Å². The number of hydrogen-bond acceptors (Lipinski definition) is 11. The first kappa shape index (κ1) is 37.6. The van der Waals surface area contributed by atoms with Gasteiger partial charge in [0.1, 0.15) is 23.5 Å². The van der Waals surface area contributed by atoms with Crippen molar-refractivity contribution in [1.29, 1.82) is 0 Å². The van der Waals surface area contributed by atoms with E-state index in [0.717, 1.165) is 70.0 Å². The molecule has 2 saturated carbocycles. The molecule has 2 aliphatic carbocycles. The zero-order valence-corrected chi connectivity index (χ0v) is 31.6. The molecule has 3 aliphatic heterocycles. The van der Waals surface area contributed by atoms with Gasteiger partial charge < -0.3 is 46.4 Å². The highest BCUT2D eigenvalue weighted by Gasteiger charge is 2.81. The number of imidazole rings is 1. The van der Waals surface area contributed by atoms with Crippen LogP contribution in [0.5, 0.6) is 0 Å². The van der Waals surface area contributed by atoms with Crippen LogP contribution in [0.15, 0.2) is 12.7 Å². The molecule has 5 amide bonds. The highest BCUT2D eigenvalue weighted by molar-refractivity contribution is 8.00. The highest BCUT2D eigenvalue weighted by atomic mass is 32.2. The number of nitrogens with two attached hydrogens (primary N) is 1. The van der Waals surface area contributed by atoms with Gasteiger partial charge in [-0.3, -0.25) is 14.4 Å². The molecule has 0 bridgehead atoms. The van der Waals surface area contributed by atoms with E-state index in [2.05, 4.69) is 41.5 Å². The topological polar surface area (TPSA) is 217 Å². The van der Waals surface area contributed by atoms with Gasteiger partial charge in [-0.1, -0.05) is 19.3 Å². The molecule has 5 fully saturated rings. The third kappa shape index (κ3) is 8.21. The van der Waals surface area contributed by atoms with Gasteiger partial charge >= 0.3 is 6.03 Å². The van der Waals surface area contributed by atoms with E-state index in [4.69, 9.17) is 15.2 Å². The number of ether oxygens (including phenoxy) is 2. The molecule has 1 unspecified atom stereocenters. The molecule has 5 heterocycles. The van der Waals surface area contributed by atoms with Gasteiger partial charge in [-0.05, 0) is 58.8 Å². The summed E-state index contributed by atoms with van der Waals surface area (Å²) in [4.78, 5) is 61.8. The number of urea groups is 1. The second-order valence-corrected chi connectivity index (χ2v) is 16.9. The Morgan fingerprint density at radius 3 is 2.38 bits per heavy atom. The molecule has 53 heavy (non-hydrogen) atoms. The number of anilines is 1. The molecule has 16 nitrogen and oxygen atoms in total. The molecular weight excluding hydrogens is 701 g/mol. The van der Waals surface area contributed by atoms with Gasteiger partial charge in [0.2, 0.25) is 17.7 Å². The number of rotatable bonds is 19. The number of amides is 5. The van der Waals surface area contributed by atoms with Crippen LogP contribution in [0.25, 0.3) is 11.2 Å². The standard InChI is InChI=1S/C36H54N10O6S/c1-35(2)51-31-23(46-20-42-29-32(37)40-19-41-33(29)46)17-21-30(36(21,31)52-35)44-27(49)14-6-4-10-16-38-25(47)12-5-3-9-15-39-26(48)13-8-7-11-24-28-22(18-53-24)43-34(50)45-28/h19-24,28,30-31H,3-18H2,1-2H3,(H,38,47)(H,39,48)(H,44,49)(H2,37,40,41)(H2,43,45,50)/t21-,22+,23-,24+,28+,30?,31+,36+/m1/s1. The SMILES string of the molecule is CC1(C)O[C@H]2[C@H](n3cnc4c(N)ncnc43)C[C@@H]3C(NC(=O)CCCCCNC(=O)CCCCCNC(=O)CCCC[C@@H]4SC[C@@H]5NC(=O)N[C@@H]54)[C@@]32O1. The van der Waals surface area contributed by atoms with E-state index < -0.39 is 11.4 Å². The summed E-state index contributed by atoms with van der Waals surface area (Å²) in [7, 11) is 0. The maximum Gasteiger partial charge on any atom is 0.315 e. The molecule has 290 valence electrons.